The molecule has 1 aliphatic rings. The van der Waals surface area contributed by atoms with Crippen LogP contribution in [0.5, 0.6) is 0 Å². The Morgan fingerprint density at radius 3 is 3.00 bits per heavy atom. The third-order valence-electron chi connectivity index (χ3n) is 4.49. The highest BCUT2D eigenvalue weighted by Crippen LogP contribution is 2.29. The van der Waals surface area contributed by atoms with Gasteiger partial charge in [0, 0.05) is 50.6 Å². The van der Waals surface area contributed by atoms with Crippen LogP contribution in [0.2, 0.25) is 0 Å². The number of ether oxygens (including phenoxy) is 1. The first-order valence-corrected chi connectivity index (χ1v) is 8.93. The molecule has 1 unspecified atom stereocenters. The van der Waals surface area contributed by atoms with Gasteiger partial charge in [-0.15, -0.1) is 0 Å². The number of nitrogens with one attached hydrogen (secondary N) is 2. The molecule has 23 heavy (non-hydrogen) atoms. The van der Waals surface area contributed by atoms with Gasteiger partial charge in [-0.2, -0.15) is 0 Å². The van der Waals surface area contributed by atoms with Crippen LogP contribution in [0, 0.1) is 0 Å². The van der Waals surface area contributed by atoms with E-state index < -0.39 is 0 Å². The van der Waals surface area contributed by atoms with E-state index in [9.17, 15) is 0 Å². The zero-order valence-corrected chi connectivity index (χ0v) is 14.7. The molecule has 5 nitrogen and oxygen atoms in total. The molecule has 1 aliphatic heterocycles. The number of fused-ring (bicyclic) bond motifs is 1. The molecule has 1 aromatic carbocycles. The predicted octanol–water partition coefficient (Wildman–Crippen LogP) is 0.162. The Balaban J connectivity index is 1.54. The largest absolute Gasteiger partial charge is 0.399 e. The average molecular weight is 321 g/mol. The van der Waals surface area contributed by atoms with Gasteiger partial charge >= 0.3 is 0 Å². The monoisotopic (exact) mass is 321 g/mol. The predicted molar refractivity (Wildman–Crippen MR) is 97.4 cm³/mol. The first-order valence-electron chi connectivity index (χ1n) is 8.93. The molecule has 0 aromatic heterocycles. The molecule has 0 saturated heterocycles. The van der Waals surface area contributed by atoms with Crippen molar-refractivity contribution in [3.63, 3.8) is 0 Å². The first-order chi connectivity index (χ1) is 11.2. The van der Waals surface area contributed by atoms with Crippen molar-refractivity contribution in [2.45, 2.75) is 19.8 Å². The molecule has 0 fully saturated rings. The lowest BCUT2D eigenvalue weighted by Crippen LogP contribution is -3.09. The summed E-state index contributed by atoms with van der Waals surface area (Å²) in [5.74, 6) is 0. The fraction of sp³-hybridized carbons (Fsp3) is 0.667. The van der Waals surface area contributed by atoms with Crippen molar-refractivity contribution in [2.24, 2.45) is 0 Å². The normalized spacial score (nSPS) is 15.0. The zero-order valence-electron chi connectivity index (χ0n) is 14.7. The van der Waals surface area contributed by atoms with Crippen LogP contribution >= 0.6 is 0 Å². The van der Waals surface area contributed by atoms with Crippen LogP contribution in [0.3, 0.4) is 0 Å². The lowest BCUT2D eigenvalue weighted by Gasteiger charge is -2.20. The van der Waals surface area contributed by atoms with E-state index in [1.807, 2.05) is 13.0 Å². The molecular weight excluding hydrogens is 288 g/mol. The summed E-state index contributed by atoms with van der Waals surface area (Å²) in [6.45, 7) is 10.3. The number of likely N-dealkylation sites (N-methyl/N-ethyl adjacent to an activating group) is 1. The summed E-state index contributed by atoms with van der Waals surface area (Å²) >= 11 is 0. The molecule has 0 radical (unpaired) electrons. The van der Waals surface area contributed by atoms with Crippen molar-refractivity contribution in [2.75, 3.05) is 70.2 Å². The van der Waals surface area contributed by atoms with Gasteiger partial charge in [0.2, 0.25) is 0 Å². The Morgan fingerprint density at radius 2 is 2.17 bits per heavy atom. The summed E-state index contributed by atoms with van der Waals surface area (Å²) in [6.07, 6.45) is 2.35. The van der Waals surface area contributed by atoms with Gasteiger partial charge < -0.3 is 25.6 Å². The number of nitrogens with zero attached hydrogens (tertiary/aromatic N) is 1. The minimum Gasteiger partial charge on any atom is -0.399 e. The molecule has 0 spiro atoms. The van der Waals surface area contributed by atoms with Crippen LogP contribution in [-0.4, -0.2) is 59.5 Å². The third kappa shape index (κ3) is 6.01. The van der Waals surface area contributed by atoms with Gasteiger partial charge in [0.1, 0.15) is 6.54 Å². The van der Waals surface area contributed by atoms with Crippen LogP contribution in [0.15, 0.2) is 18.2 Å². The van der Waals surface area contributed by atoms with Crippen molar-refractivity contribution < 1.29 is 9.64 Å². The zero-order chi connectivity index (χ0) is 16.5. The molecule has 0 aliphatic carbocycles. The maximum atomic E-state index is 5.91. The molecule has 4 N–H and O–H groups in total. The number of hydrogen-bond acceptors (Lipinski definition) is 4. The van der Waals surface area contributed by atoms with Crippen molar-refractivity contribution in [3.8, 4) is 0 Å². The highest BCUT2D eigenvalue weighted by Gasteiger charge is 2.18. The van der Waals surface area contributed by atoms with Gasteiger partial charge in [-0.1, -0.05) is 6.07 Å². The molecular formula is C18H33N4O+. The van der Waals surface area contributed by atoms with E-state index in [1.165, 1.54) is 24.2 Å². The van der Waals surface area contributed by atoms with Gasteiger partial charge in [-0.05, 0) is 31.0 Å². The Hall–Kier alpha value is -1.30. The average Bonchev–Trinajstić information content (AvgIpc) is 2.93. The van der Waals surface area contributed by atoms with Crippen LogP contribution in [-0.2, 0) is 11.2 Å². The number of anilines is 2. The van der Waals surface area contributed by atoms with Crippen molar-refractivity contribution in [1.29, 1.82) is 0 Å². The van der Waals surface area contributed by atoms with Crippen LogP contribution in [0.1, 0.15) is 18.9 Å². The minimum atomic E-state index is 0.820. The second-order valence-electron chi connectivity index (χ2n) is 6.38. The highest BCUT2D eigenvalue weighted by atomic mass is 16.5. The van der Waals surface area contributed by atoms with E-state index in [0.717, 1.165) is 58.0 Å². The summed E-state index contributed by atoms with van der Waals surface area (Å²) < 4.78 is 5.39. The standard InChI is InChI=1S/C18H32N4O/c1-3-23-14-13-21(2)10-4-8-20-9-12-22-11-7-16-5-6-17(19)15-18(16)22/h5-6,15,20H,3-4,7-14,19H2,1-2H3/p+1. The number of hydrogen-bond donors (Lipinski definition) is 3. The fourth-order valence-electron chi connectivity index (χ4n) is 3.06. The number of nitrogens with two attached hydrogens (primary N) is 1. The van der Waals surface area contributed by atoms with E-state index >= 15 is 0 Å². The molecule has 130 valence electrons. The van der Waals surface area contributed by atoms with E-state index in [0.29, 0.717) is 0 Å². The maximum Gasteiger partial charge on any atom is 0.101 e. The molecule has 1 heterocycles. The summed E-state index contributed by atoms with van der Waals surface area (Å²) in [4.78, 5) is 3.99. The SMILES string of the molecule is CCOCC[NH+](C)CCCNCCN1CCc2ccc(N)cc21. The quantitative estimate of drug-likeness (QED) is 0.401. The molecule has 0 amide bonds. The summed E-state index contributed by atoms with van der Waals surface area (Å²) in [7, 11) is 2.24. The van der Waals surface area contributed by atoms with E-state index in [1.54, 1.807) is 4.90 Å². The summed E-state index contributed by atoms with van der Waals surface area (Å²) in [6, 6.07) is 6.28. The minimum absolute atomic E-state index is 0.820. The van der Waals surface area contributed by atoms with Gasteiger partial charge in [-0.3, -0.25) is 0 Å². The van der Waals surface area contributed by atoms with Crippen LogP contribution < -0.4 is 20.9 Å². The third-order valence-corrected chi connectivity index (χ3v) is 4.49. The van der Waals surface area contributed by atoms with Gasteiger partial charge in [0.15, 0.2) is 0 Å². The smallest absolute Gasteiger partial charge is 0.101 e. The van der Waals surface area contributed by atoms with Crippen molar-refractivity contribution >= 4 is 11.4 Å². The second kappa shape index (κ2) is 9.75. The molecule has 2 rings (SSSR count). The topological polar surface area (TPSA) is 55.0 Å². The lowest BCUT2D eigenvalue weighted by molar-refractivity contribution is -0.880. The van der Waals surface area contributed by atoms with Crippen LogP contribution in [0.25, 0.3) is 0 Å². The number of benzene rings is 1. The first kappa shape index (κ1) is 18.0. The molecule has 5 heteroatoms. The Labute approximate surface area is 140 Å². The lowest BCUT2D eigenvalue weighted by atomic mass is 10.1. The van der Waals surface area contributed by atoms with Gasteiger partial charge in [-0.25, -0.2) is 0 Å². The van der Waals surface area contributed by atoms with Gasteiger partial charge in [0.05, 0.1) is 20.2 Å². The maximum absolute atomic E-state index is 5.91. The number of quaternary nitrogens is 1. The van der Waals surface area contributed by atoms with Crippen LogP contribution in [0.4, 0.5) is 11.4 Å². The number of rotatable bonds is 11. The second-order valence-corrected chi connectivity index (χ2v) is 6.38. The molecule has 0 saturated carbocycles. The highest BCUT2D eigenvalue weighted by molar-refractivity contribution is 5.64. The Kier molecular flexibility index (Phi) is 7.65. The van der Waals surface area contributed by atoms with Crippen molar-refractivity contribution in [1.82, 2.24) is 5.32 Å². The van der Waals surface area contributed by atoms with Crippen molar-refractivity contribution in [3.05, 3.63) is 23.8 Å². The summed E-state index contributed by atoms with van der Waals surface area (Å²) in [5.41, 5.74) is 9.52. The number of nitrogen functional groups attached to an aromatic ring is 1. The Morgan fingerprint density at radius 1 is 1.30 bits per heavy atom. The fourth-order valence-corrected chi connectivity index (χ4v) is 3.06. The van der Waals surface area contributed by atoms with E-state index in [2.05, 4.69) is 29.4 Å². The molecule has 0 bridgehead atoms. The van der Waals surface area contributed by atoms with E-state index in [-0.39, 0.29) is 0 Å². The van der Waals surface area contributed by atoms with E-state index in [4.69, 9.17) is 10.5 Å². The molecule has 1 atom stereocenters. The molecule has 1 aromatic rings. The summed E-state index contributed by atoms with van der Waals surface area (Å²) in [5, 5.41) is 3.56. The Bertz CT molecular complexity index is 466. The van der Waals surface area contributed by atoms with Gasteiger partial charge in [0.25, 0.3) is 0 Å².